The molecule has 0 saturated carbocycles. The van der Waals surface area contributed by atoms with E-state index in [2.05, 4.69) is 5.32 Å². The van der Waals surface area contributed by atoms with Gasteiger partial charge in [0.25, 0.3) is 11.8 Å². The number of anilines is 2. The minimum Gasteiger partial charge on any atom is -0.350 e. The molecule has 3 aromatic carbocycles. The van der Waals surface area contributed by atoms with Crippen molar-refractivity contribution in [1.29, 1.82) is 5.26 Å². The molecule has 1 aliphatic heterocycles. The lowest BCUT2D eigenvalue weighted by Gasteiger charge is -2.15. The van der Waals surface area contributed by atoms with E-state index in [0.29, 0.717) is 22.4 Å². The van der Waals surface area contributed by atoms with Crippen molar-refractivity contribution in [3.63, 3.8) is 0 Å². The summed E-state index contributed by atoms with van der Waals surface area (Å²) < 4.78 is 0. The summed E-state index contributed by atoms with van der Waals surface area (Å²) in [5.74, 6) is -0.832. The highest BCUT2D eigenvalue weighted by atomic mass is 16.2. The van der Waals surface area contributed by atoms with Crippen LogP contribution in [0.2, 0.25) is 0 Å². The van der Waals surface area contributed by atoms with Crippen molar-refractivity contribution in [3.05, 3.63) is 101 Å². The van der Waals surface area contributed by atoms with Gasteiger partial charge in [-0.1, -0.05) is 48.0 Å². The van der Waals surface area contributed by atoms with E-state index in [-0.39, 0.29) is 5.70 Å². The van der Waals surface area contributed by atoms with Crippen molar-refractivity contribution in [3.8, 4) is 6.07 Å². The third-order valence-corrected chi connectivity index (χ3v) is 4.72. The summed E-state index contributed by atoms with van der Waals surface area (Å²) in [7, 11) is 0. The zero-order valence-electron chi connectivity index (χ0n) is 15.7. The molecule has 1 N–H and O–H groups in total. The van der Waals surface area contributed by atoms with Gasteiger partial charge in [-0.2, -0.15) is 5.26 Å². The summed E-state index contributed by atoms with van der Waals surface area (Å²) >= 11 is 0. The van der Waals surface area contributed by atoms with Gasteiger partial charge in [0.15, 0.2) is 0 Å². The monoisotopic (exact) mass is 379 g/mol. The number of nitriles is 1. The highest BCUT2D eigenvalue weighted by molar-refractivity contribution is 6.46. The Kier molecular flexibility index (Phi) is 4.68. The first-order chi connectivity index (χ1) is 14.1. The van der Waals surface area contributed by atoms with Crippen molar-refractivity contribution in [2.45, 2.75) is 6.92 Å². The second kappa shape index (κ2) is 7.45. The lowest BCUT2D eigenvalue weighted by Crippen LogP contribution is -2.32. The quantitative estimate of drug-likeness (QED) is 0.688. The highest BCUT2D eigenvalue weighted by Crippen LogP contribution is 2.33. The largest absolute Gasteiger partial charge is 0.350 e. The van der Waals surface area contributed by atoms with Gasteiger partial charge in [-0.3, -0.25) is 9.59 Å². The van der Waals surface area contributed by atoms with Crippen LogP contribution in [0.1, 0.15) is 16.7 Å². The van der Waals surface area contributed by atoms with Crippen molar-refractivity contribution >= 4 is 28.8 Å². The van der Waals surface area contributed by atoms with E-state index >= 15 is 0 Å². The Bertz CT molecular complexity index is 1160. The fraction of sp³-hybridized carbons (Fsp3) is 0.0417. The predicted octanol–water partition coefficient (Wildman–Crippen LogP) is 4.26. The Morgan fingerprint density at radius 1 is 0.828 bits per heavy atom. The molecule has 29 heavy (non-hydrogen) atoms. The number of amides is 2. The zero-order valence-corrected chi connectivity index (χ0v) is 15.7. The molecule has 4 rings (SSSR count). The smallest absolute Gasteiger partial charge is 0.282 e. The first kappa shape index (κ1) is 18.2. The number of benzene rings is 3. The van der Waals surface area contributed by atoms with Gasteiger partial charge in [-0.25, -0.2) is 4.90 Å². The maximum atomic E-state index is 13.3. The summed E-state index contributed by atoms with van der Waals surface area (Å²) in [4.78, 5) is 27.7. The van der Waals surface area contributed by atoms with Gasteiger partial charge in [0, 0.05) is 5.69 Å². The normalized spacial score (nSPS) is 13.6. The Balaban J connectivity index is 1.80. The van der Waals surface area contributed by atoms with Gasteiger partial charge in [0.05, 0.1) is 22.9 Å². The molecule has 0 atom stereocenters. The standard InChI is InChI=1S/C24H17N3O2/c1-16-7-11-18(12-8-16)21-22(26-19-5-3-2-4-6-19)24(29)27(23(21)28)20-13-9-17(15-25)10-14-20/h2-14,26H,1H3. The molecule has 5 nitrogen and oxygen atoms in total. The summed E-state index contributed by atoms with van der Waals surface area (Å²) in [5.41, 5.74) is 3.89. The van der Waals surface area contributed by atoms with E-state index in [1.54, 1.807) is 24.3 Å². The first-order valence-corrected chi connectivity index (χ1v) is 9.11. The molecule has 0 radical (unpaired) electrons. The minimum absolute atomic E-state index is 0.231. The van der Waals surface area contributed by atoms with Crippen LogP contribution in [0, 0.1) is 18.3 Å². The number of nitrogens with zero attached hydrogens (tertiary/aromatic N) is 2. The van der Waals surface area contributed by atoms with Crippen LogP contribution in [0.5, 0.6) is 0 Å². The maximum Gasteiger partial charge on any atom is 0.282 e. The molecular formula is C24H17N3O2. The van der Waals surface area contributed by atoms with E-state index in [9.17, 15) is 9.59 Å². The van der Waals surface area contributed by atoms with E-state index in [4.69, 9.17) is 5.26 Å². The molecule has 140 valence electrons. The molecule has 0 spiro atoms. The van der Waals surface area contributed by atoms with Crippen LogP contribution in [0.25, 0.3) is 5.57 Å². The van der Waals surface area contributed by atoms with E-state index in [1.165, 1.54) is 0 Å². The van der Waals surface area contributed by atoms with Crippen molar-refractivity contribution in [2.24, 2.45) is 0 Å². The van der Waals surface area contributed by atoms with Crippen LogP contribution in [0.4, 0.5) is 11.4 Å². The number of nitrogens with one attached hydrogen (secondary N) is 1. The Labute approximate surface area is 168 Å². The van der Waals surface area contributed by atoms with Crippen LogP contribution in [-0.2, 0) is 9.59 Å². The molecule has 0 saturated heterocycles. The van der Waals surface area contributed by atoms with Gasteiger partial charge in [0.1, 0.15) is 5.70 Å². The summed E-state index contributed by atoms with van der Waals surface area (Å²) in [6, 6.07) is 25.2. The maximum absolute atomic E-state index is 13.3. The fourth-order valence-electron chi connectivity index (χ4n) is 3.22. The van der Waals surface area contributed by atoms with Gasteiger partial charge in [-0.15, -0.1) is 0 Å². The van der Waals surface area contributed by atoms with Gasteiger partial charge >= 0.3 is 0 Å². The first-order valence-electron chi connectivity index (χ1n) is 9.11. The van der Waals surface area contributed by atoms with Gasteiger partial charge in [-0.05, 0) is 48.9 Å². The van der Waals surface area contributed by atoms with E-state index in [1.807, 2.05) is 67.6 Å². The average molecular weight is 379 g/mol. The fourth-order valence-corrected chi connectivity index (χ4v) is 3.22. The van der Waals surface area contributed by atoms with Crippen molar-refractivity contribution in [1.82, 2.24) is 0 Å². The molecule has 0 aromatic heterocycles. The number of aryl methyl sites for hydroxylation is 1. The Morgan fingerprint density at radius 3 is 2.10 bits per heavy atom. The minimum atomic E-state index is -0.431. The number of carbonyl (C=O) groups excluding carboxylic acids is 2. The Morgan fingerprint density at radius 2 is 1.48 bits per heavy atom. The summed E-state index contributed by atoms with van der Waals surface area (Å²) in [6.45, 7) is 1.96. The van der Waals surface area contributed by atoms with Gasteiger partial charge in [0.2, 0.25) is 0 Å². The van der Waals surface area contributed by atoms with Crippen LogP contribution in [0.15, 0.2) is 84.6 Å². The summed E-state index contributed by atoms with van der Waals surface area (Å²) in [5, 5.41) is 12.1. The van der Waals surface area contributed by atoms with Crippen LogP contribution in [-0.4, -0.2) is 11.8 Å². The number of carbonyl (C=O) groups is 2. The topological polar surface area (TPSA) is 73.2 Å². The second-order valence-corrected chi connectivity index (χ2v) is 6.71. The number of imide groups is 1. The number of rotatable bonds is 4. The SMILES string of the molecule is Cc1ccc(C2=C(Nc3ccccc3)C(=O)N(c3ccc(C#N)cc3)C2=O)cc1. The zero-order chi connectivity index (χ0) is 20.4. The van der Waals surface area contributed by atoms with E-state index < -0.39 is 11.8 Å². The molecular weight excluding hydrogens is 362 g/mol. The van der Waals surface area contributed by atoms with Crippen LogP contribution in [0.3, 0.4) is 0 Å². The summed E-state index contributed by atoms with van der Waals surface area (Å²) in [6.07, 6.45) is 0. The van der Waals surface area contributed by atoms with Crippen molar-refractivity contribution in [2.75, 3.05) is 10.2 Å². The molecule has 1 aliphatic rings. The van der Waals surface area contributed by atoms with Crippen LogP contribution >= 0.6 is 0 Å². The lowest BCUT2D eigenvalue weighted by molar-refractivity contribution is -0.120. The lowest BCUT2D eigenvalue weighted by atomic mass is 10.0. The molecule has 2 amide bonds. The van der Waals surface area contributed by atoms with E-state index in [0.717, 1.165) is 16.2 Å². The molecule has 1 heterocycles. The molecule has 0 bridgehead atoms. The third-order valence-electron chi connectivity index (χ3n) is 4.72. The number of hydrogen-bond acceptors (Lipinski definition) is 4. The average Bonchev–Trinajstić information content (AvgIpc) is 2.99. The predicted molar refractivity (Wildman–Crippen MR) is 112 cm³/mol. The van der Waals surface area contributed by atoms with Gasteiger partial charge < -0.3 is 5.32 Å². The molecule has 0 aliphatic carbocycles. The molecule has 0 unspecified atom stereocenters. The molecule has 0 fully saturated rings. The second-order valence-electron chi connectivity index (χ2n) is 6.71. The molecule has 5 heteroatoms. The number of hydrogen-bond donors (Lipinski definition) is 1. The van der Waals surface area contributed by atoms with Crippen LogP contribution < -0.4 is 10.2 Å². The molecule has 3 aromatic rings. The Hall–Kier alpha value is -4.17. The third kappa shape index (κ3) is 3.40. The number of para-hydroxylation sites is 1. The highest BCUT2D eigenvalue weighted by Gasteiger charge is 2.40. The van der Waals surface area contributed by atoms with Crippen molar-refractivity contribution < 1.29 is 9.59 Å².